The van der Waals surface area contributed by atoms with Crippen LogP contribution in [0.5, 0.6) is 5.75 Å². The summed E-state index contributed by atoms with van der Waals surface area (Å²) in [6, 6.07) is 5.79. The predicted octanol–water partition coefficient (Wildman–Crippen LogP) is 2.80. The minimum atomic E-state index is 0.0125. The molecule has 1 atom stereocenters. The van der Waals surface area contributed by atoms with Gasteiger partial charge in [0.25, 0.3) is 0 Å². The lowest BCUT2D eigenvalue weighted by Gasteiger charge is -2.31. The Bertz CT molecular complexity index is 336. The van der Waals surface area contributed by atoms with E-state index in [1.807, 2.05) is 18.2 Å². The summed E-state index contributed by atoms with van der Waals surface area (Å²) in [5.41, 5.74) is 7.01. The van der Waals surface area contributed by atoms with E-state index in [4.69, 9.17) is 5.73 Å². The van der Waals surface area contributed by atoms with Crippen LogP contribution in [0.3, 0.4) is 0 Å². The van der Waals surface area contributed by atoms with Gasteiger partial charge in [-0.2, -0.15) is 0 Å². The van der Waals surface area contributed by atoms with Crippen molar-refractivity contribution in [2.75, 3.05) is 0 Å². The second-order valence-electron chi connectivity index (χ2n) is 3.89. The number of nitrogens with two attached hydrogens (primary N) is 1. The van der Waals surface area contributed by atoms with Gasteiger partial charge in [0.2, 0.25) is 0 Å². The molecule has 14 heavy (non-hydrogen) atoms. The largest absolute Gasteiger partial charge is 0.506 e. The van der Waals surface area contributed by atoms with Crippen molar-refractivity contribution in [2.45, 2.75) is 25.3 Å². The third-order valence-electron chi connectivity index (χ3n) is 3.03. The molecule has 1 fully saturated rings. The Kier molecular flexibility index (Phi) is 2.97. The first-order valence-electron chi connectivity index (χ1n) is 4.93. The average molecular weight is 303 g/mol. The molecule has 2 nitrogen and oxygen atoms in total. The van der Waals surface area contributed by atoms with E-state index in [0.717, 1.165) is 9.13 Å². The second kappa shape index (κ2) is 4.06. The van der Waals surface area contributed by atoms with E-state index in [-0.39, 0.29) is 6.04 Å². The Morgan fingerprint density at radius 1 is 1.43 bits per heavy atom. The molecule has 3 N–H and O–H groups in total. The van der Waals surface area contributed by atoms with Crippen molar-refractivity contribution in [3.8, 4) is 5.75 Å². The molecular weight excluding hydrogens is 289 g/mol. The van der Waals surface area contributed by atoms with Crippen LogP contribution in [0.15, 0.2) is 18.2 Å². The summed E-state index contributed by atoms with van der Waals surface area (Å²) in [4.78, 5) is 0. The smallest absolute Gasteiger partial charge is 0.133 e. The molecule has 0 amide bonds. The lowest BCUT2D eigenvalue weighted by molar-refractivity contribution is 0.260. The van der Waals surface area contributed by atoms with Crippen LogP contribution < -0.4 is 5.73 Å². The second-order valence-corrected chi connectivity index (χ2v) is 5.06. The van der Waals surface area contributed by atoms with Crippen molar-refractivity contribution in [1.82, 2.24) is 0 Å². The van der Waals surface area contributed by atoms with Crippen LogP contribution in [0.25, 0.3) is 0 Å². The number of para-hydroxylation sites is 1. The highest BCUT2D eigenvalue weighted by molar-refractivity contribution is 14.1. The summed E-state index contributed by atoms with van der Waals surface area (Å²) in [6.07, 6.45) is 3.68. The Hall–Kier alpha value is -0.290. The van der Waals surface area contributed by atoms with E-state index >= 15 is 0 Å². The van der Waals surface area contributed by atoms with Crippen molar-refractivity contribution in [1.29, 1.82) is 0 Å². The molecular formula is C11H14INO. The highest BCUT2D eigenvalue weighted by atomic mass is 127. The fraction of sp³-hybridized carbons (Fsp3) is 0.455. The molecule has 1 aromatic rings. The monoisotopic (exact) mass is 303 g/mol. The summed E-state index contributed by atoms with van der Waals surface area (Å²) >= 11 is 2.13. The molecule has 0 unspecified atom stereocenters. The Morgan fingerprint density at radius 3 is 2.71 bits per heavy atom. The highest BCUT2D eigenvalue weighted by Gasteiger charge is 2.27. The van der Waals surface area contributed by atoms with Crippen LogP contribution in [0.4, 0.5) is 0 Å². The molecule has 1 aliphatic rings. The van der Waals surface area contributed by atoms with Gasteiger partial charge < -0.3 is 10.8 Å². The summed E-state index contributed by atoms with van der Waals surface area (Å²) < 4.78 is 0.884. The third kappa shape index (κ3) is 1.75. The number of phenolic OH excluding ortho intramolecular Hbond substituents is 1. The van der Waals surface area contributed by atoms with Crippen LogP contribution >= 0.6 is 22.6 Å². The maximum Gasteiger partial charge on any atom is 0.133 e. The fourth-order valence-electron chi connectivity index (χ4n) is 1.85. The molecule has 0 bridgehead atoms. The number of hydrogen-bond donors (Lipinski definition) is 2. The Morgan fingerprint density at radius 2 is 2.14 bits per heavy atom. The number of hydrogen-bond acceptors (Lipinski definition) is 2. The van der Waals surface area contributed by atoms with E-state index < -0.39 is 0 Å². The topological polar surface area (TPSA) is 46.2 Å². The molecule has 0 saturated heterocycles. The van der Waals surface area contributed by atoms with Crippen molar-refractivity contribution >= 4 is 22.6 Å². The molecule has 0 heterocycles. The van der Waals surface area contributed by atoms with Gasteiger partial charge >= 0.3 is 0 Å². The van der Waals surface area contributed by atoms with Gasteiger partial charge in [-0.1, -0.05) is 18.6 Å². The van der Waals surface area contributed by atoms with Crippen LogP contribution in [0.2, 0.25) is 0 Å². The van der Waals surface area contributed by atoms with Crippen LogP contribution in [0, 0.1) is 9.49 Å². The number of rotatable bonds is 2. The van der Waals surface area contributed by atoms with Crippen molar-refractivity contribution in [3.05, 3.63) is 27.3 Å². The van der Waals surface area contributed by atoms with Crippen LogP contribution in [-0.2, 0) is 0 Å². The molecule has 0 aromatic heterocycles. The van der Waals surface area contributed by atoms with Crippen molar-refractivity contribution in [2.24, 2.45) is 11.7 Å². The van der Waals surface area contributed by atoms with E-state index in [2.05, 4.69) is 22.6 Å². The van der Waals surface area contributed by atoms with Gasteiger partial charge in [-0.3, -0.25) is 0 Å². The van der Waals surface area contributed by atoms with Gasteiger partial charge in [0.05, 0.1) is 3.57 Å². The first-order chi connectivity index (χ1) is 6.70. The molecule has 0 aliphatic heterocycles. The minimum absolute atomic E-state index is 0.0125. The normalized spacial score (nSPS) is 19.0. The lowest BCUT2D eigenvalue weighted by Crippen LogP contribution is -2.26. The zero-order valence-corrected chi connectivity index (χ0v) is 10.1. The predicted molar refractivity (Wildman–Crippen MR) is 65.1 cm³/mol. The zero-order valence-electron chi connectivity index (χ0n) is 7.91. The van der Waals surface area contributed by atoms with Gasteiger partial charge in [-0.05, 0) is 47.4 Å². The van der Waals surface area contributed by atoms with E-state index in [9.17, 15) is 5.11 Å². The molecule has 3 heteroatoms. The molecule has 0 spiro atoms. The molecule has 0 radical (unpaired) electrons. The van der Waals surface area contributed by atoms with E-state index in [0.29, 0.717) is 11.7 Å². The lowest BCUT2D eigenvalue weighted by atomic mass is 9.77. The summed E-state index contributed by atoms with van der Waals surface area (Å²) in [5, 5.41) is 9.85. The Labute approximate surface area is 97.6 Å². The van der Waals surface area contributed by atoms with Gasteiger partial charge in [0.1, 0.15) is 5.75 Å². The molecule has 1 saturated carbocycles. The fourth-order valence-corrected chi connectivity index (χ4v) is 2.37. The number of benzene rings is 1. The maximum absolute atomic E-state index is 9.85. The minimum Gasteiger partial charge on any atom is -0.506 e. The standard InChI is InChI=1S/C11H14INO/c12-9-6-2-5-8(11(9)14)10(13)7-3-1-4-7/h2,5-7,10,14H,1,3-4,13H2/t10-/m1/s1. The summed E-state index contributed by atoms with van der Waals surface area (Å²) in [6.45, 7) is 0. The van der Waals surface area contributed by atoms with Crippen molar-refractivity contribution < 1.29 is 5.11 Å². The molecule has 1 aliphatic carbocycles. The van der Waals surface area contributed by atoms with Gasteiger partial charge in [0, 0.05) is 11.6 Å². The SMILES string of the molecule is N[C@@H](c1cccc(I)c1O)C1CCC1. The first kappa shape index (κ1) is 10.2. The van der Waals surface area contributed by atoms with E-state index in [1.165, 1.54) is 19.3 Å². The molecule has 2 rings (SSSR count). The summed E-state index contributed by atoms with van der Waals surface area (Å²) in [5.74, 6) is 0.937. The number of halogens is 1. The zero-order chi connectivity index (χ0) is 10.1. The maximum atomic E-state index is 9.85. The van der Waals surface area contributed by atoms with Crippen molar-refractivity contribution in [3.63, 3.8) is 0 Å². The van der Waals surface area contributed by atoms with Gasteiger partial charge in [-0.15, -0.1) is 0 Å². The highest BCUT2D eigenvalue weighted by Crippen LogP contribution is 2.39. The van der Waals surface area contributed by atoms with Crippen LogP contribution in [0.1, 0.15) is 30.9 Å². The molecule has 76 valence electrons. The quantitative estimate of drug-likeness (QED) is 0.825. The van der Waals surface area contributed by atoms with Gasteiger partial charge in [0.15, 0.2) is 0 Å². The van der Waals surface area contributed by atoms with Crippen LogP contribution in [-0.4, -0.2) is 5.11 Å². The number of aromatic hydroxyl groups is 1. The van der Waals surface area contributed by atoms with Gasteiger partial charge in [-0.25, -0.2) is 0 Å². The summed E-state index contributed by atoms with van der Waals surface area (Å²) in [7, 11) is 0. The molecule has 1 aromatic carbocycles. The first-order valence-corrected chi connectivity index (χ1v) is 6.01. The van der Waals surface area contributed by atoms with E-state index in [1.54, 1.807) is 0 Å². The third-order valence-corrected chi connectivity index (χ3v) is 3.91. The Balaban J connectivity index is 2.26. The average Bonchev–Trinajstić information content (AvgIpc) is 2.06. The number of phenols is 1.